The summed E-state index contributed by atoms with van der Waals surface area (Å²) >= 11 is 1.63. The molecule has 2 nitrogen and oxygen atoms in total. The lowest BCUT2D eigenvalue weighted by molar-refractivity contribution is 0.350. The number of aliphatic hydroxyl groups excluding tert-OH is 1. The van der Waals surface area contributed by atoms with Gasteiger partial charge in [-0.2, -0.15) is 0 Å². The molecule has 1 aromatic carbocycles. The van der Waals surface area contributed by atoms with Crippen molar-refractivity contribution in [2.75, 3.05) is 6.61 Å². The normalized spacial score (nSPS) is 9.79. The van der Waals surface area contributed by atoms with Crippen molar-refractivity contribution in [3.05, 3.63) is 59.7 Å². The van der Waals surface area contributed by atoms with Gasteiger partial charge in [-0.15, -0.1) is 11.8 Å². The van der Waals surface area contributed by atoms with E-state index in [9.17, 15) is 4.39 Å². The van der Waals surface area contributed by atoms with Gasteiger partial charge in [-0.3, -0.25) is 4.98 Å². The highest BCUT2D eigenvalue weighted by Gasteiger charge is 2.03. The number of thioether (sulfide) groups is 1. The van der Waals surface area contributed by atoms with E-state index < -0.39 is 0 Å². The maximum atomic E-state index is 13.2. The molecule has 0 saturated heterocycles. The van der Waals surface area contributed by atoms with Crippen molar-refractivity contribution in [3.8, 4) is 11.8 Å². The van der Waals surface area contributed by atoms with Crippen LogP contribution in [0, 0.1) is 17.7 Å². The van der Waals surface area contributed by atoms with Crippen molar-refractivity contribution >= 4 is 11.8 Å². The Bertz CT molecular complexity index is 605. The average molecular weight is 273 g/mol. The topological polar surface area (TPSA) is 33.1 Å². The van der Waals surface area contributed by atoms with Gasteiger partial charge >= 0.3 is 0 Å². The molecule has 2 rings (SSSR count). The molecule has 0 radical (unpaired) electrons. The zero-order valence-corrected chi connectivity index (χ0v) is 11.0. The van der Waals surface area contributed by atoms with E-state index >= 15 is 0 Å². The molecule has 1 N–H and O–H groups in total. The number of halogens is 1. The lowest BCUT2D eigenvalue weighted by atomic mass is 10.1. The standard InChI is InChI=1S/C15H12FNOS/c16-14-4-3-13(12(10-14)2-1-9-18)11-19-15-5-7-17-8-6-15/h3-8,10,18H,9,11H2. The Balaban J connectivity index is 2.15. The minimum atomic E-state index is -0.320. The Kier molecular flexibility index (Phi) is 4.96. The number of benzene rings is 1. The molecule has 0 fully saturated rings. The van der Waals surface area contributed by atoms with Crippen LogP contribution in [0.4, 0.5) is 4.39 Å². The van der Waals surface area contributed by atoms with E-state index in [2.05, 4.69) is 16.8 Å². The monoisotopic (exact) mass is 273 g/mol. The van der Waals surface area contributed by atoms with Crippen LogP contribution in [0.15, 0.2) is 47.6 Å². The van der Waals surface area contributed by atoms with Crippen LogP contribution < -0.4 is 0 Å². The highest BCUT2D eigenvalue weighted by molar-refractivity contribution is 7.98. The Labute approximate surface area is 115 Å². The Morgan fingerprint density at radius 2 is 2.00 bits per heavy atom. The van der Waals surface area contributed by atoms with Crippen molar-refractivity contribution < 1.29 is 9.50 Å². The molecule has 0 aliphatic heterocycles. The van der Waals surface area contributed by atoms with E-state index in [1.165, 1.54) is 12.1 Å². The van der Waals surface area contributed by atoms with Gasteiger partial charge in [-0.05, 0) is 29.8 Å². The first-order valence-corrected chi connectivity index (χ1v) is 6.69. The lowest BCUT2D eigenvalue weighted by Gasteiger charge is -2.05. The molecule has 0 amide bonds. The summed E-state index contributed by atoms with van der Waals surface area (Å²) in [6.45, 7) is -0.229. The van der Waals surface area contributed by atoms with Gasteiger partial charge in [-0.1, -0.05) is 17.9 Å². The smallest absolute Gasteiger partial charge is 0.124 e. The van der Waals surface area contributed by atoms with Gasteiger partial charge in [0.1, 0.15) is 12.4 Å². The van der Waals surface area contributed by atoms with Crippen molar-refractivity contribution in [3.63, 3.8) is 0 Å². The highest BCUT2D eigenvalue weighted by Crippen LogP contribution is 2.24. The fourth-order valence-corrected chi connectivity index (χ4v) is 2.41. The van der Waals surface area contributed by atoms with Crippen molar-refractivity contribution in [1.82, 2.24) is 4.98 Å². The first kappa shape index (κ1) is 13.6. The number of hydrogen-bond donors (Lipinski definition) is 1. The molecule has 4 heteroatoms. The van der Waals surface area contributed by atoms with Crippen LogP contribution in [0.2, 0.25) is 0 Å². The first-order valence-electron chi connectivity index (χ1n) is 5.70. The van der Waals surface area contributed by atoms with Crippen molar-refractivity contribution in [2.24, 2.45) is 0 Å². The maximum Gasteiger partial charge on any atom is 0.124 e. The number of hydrogen-bond acceptors (Lipinski definition) is 3. The molecule has 0 unspecified atom stereocenters. The van der Waals surface area contributed by atoms with Crippen LogP contribution in [0.25, 0.3) is 0 Å². The summed E-state index contributed by atoms with van der Waals surface area (Å²) in [7, 11) is 0. The minimum absolute atomic E-state index is 0.229. The van der Waals surface area contributed by atoms with E-state index in [0.29, 0.717) is 11.3 Å². The second kappa shape index (κ2) is 6.93. The molecule has 1 aromatic heterocycles. The summed E-state index contributed by atoms with van der Waals surface area (Å²) in [6, 6.07) is 8.39. The van der Waals surface area contributed by atoms with Crippen LogP contribution in [0.5, 0.6) is 0 Å². The SMILES string of the molecule is OCC#Cc1cc(F)ccc1CSc1ccncc1. The minimum Gasteiger partial charge on any atom is -0.384 e. The zero-order chi connectivity index (χ0) is 13.5. The number of aromatic nitrogens is 1. The second-order valence-corrected chi connectivity index (χ2v) is 4.78. The third-order valence-corrected chi connectivity index (χ3v) is 3.48. The van der Waals surface area contributed by atoms with E-state index in [-0.39, 0.29) is 12.4 Å². The van der Waals surface area contributed by atoms with Crippen LogP contribution in [-0.2, 0) is 5.75 Å². The molecular formula is C15H12FNOS. The summed E-state index contributed by atoms with van der Waals surface area (Å²) in [5.74, 6) is 5.70. The quantitative estimate of drug-likeness (QED) is 0.689. The average Bonchev–Trinajstić information content (AvgIpc) is 2.45. The third kappa shape index (κ3) is 4.09. The largest absolute Gasteiger partial charge is 0.384 e. The molecule has 19 heavy (non-hydrogen) atoms. The summed E-state index contributed by atoms with van der Waals surface area (Å²) in [5, 5.41) is 8.72. The molecule has 1 heterocycles. The third-order valence-electron chi connectivity index (χ3n) is 2.42. The summed E-state index contributed by atoms with van der Waals surface area (Å²) < 4.78 is 13.2. The van der Waals surface area contributed by atoms with Gasteiger partial charge in [-0.25, -0.2) is 4.39 Å². The van der Waals surface area contributed by atoms with Crippen LogP contribution in [0.3, 0.4) is 0 Å². The molecule has 2 aromatic rings. The highest BCUT2D eigenvalue weighted by atomic mass is 32.2. The van der Waals surface area contributed by atoms with Crippen LogP contribution in [0.1, 0.15) is 11.1 Å². The van der Waals surface area contributed by atoms with E-state index in [4.69, 9.17) is 5.11 Å². The fourth-order valence-electron chi connectivity index (χ4n) is 1.52. The Morgan fingerprint density at radius 3 is 2.74 bits per heavy atom. The number of pyridine rings is 1. The van der Waals surface area contributed by atoms with Gasteiger partial charge in [0.05, 0.1) is 0 Å². The summed E-state index contributed by atoms with van der Waals surface area (Å²) in [6.07, 6.45) is 3.47. The first-order chi connectivity index (χ1) is 9.29. The molecule has 96 valence electrons. The fraction of sp³-hybridized carbons (Fsp3) is 0.133. The number of aliphatic hydroxyl groups is 1. The van der Waals surface area contributed by atoms with Gasteiger partial charge < -0.3 is 5.11 Å². The van der Waals surface area contributed by atoms with Gasteiger partial charge in [0.25, 0.3) is 0 Å². The molecule has 0 atom stereocenters. The van der Waals surface area contributed by atoms with Crippen LogP contribution >= 0.6 is 11.8 Å². The van der Waals surface area contributed by atoms with Gasteiger partial charge in [0.2, 0.25) is 0 Å². The predicted octanol–water partition coefficient (Wildman–Crippen LogP) is 2.86. The van der Waals surface area contributed by atoms with E-state index in [0.717, 1.165) is 10.5 Å². The number of rotatable bonds is 3. The lowest BCUT2D eigenvalue weighted by Crippen LogP contribution is -1.90. The predicted molar refractivity (Wildman–Crippen MR) is 74.2 cm³/mol. The Morgan fingerprint density at radius 1 is 1.21 bits per heavy atom. The second-order valence-electron chi connectivity index (χ2n) is 3.73. The van der Waals surface area contributed by atoms with E-state index in [1.807, 2.05) is 12.1 Å². The zero-order valence-electron chi connectivity index (χ0n) is 10.1. The molecular weight excluding hydrogens is 261 g/mol. The molecule has 0 bridgehead atoms. The molecule has 0 saturated carbocycles. The molecule has 0 spiro atoms. The molecule has 0 aliphatic carbocycles. The Hall–Kier alpha value is -1.83. The summed E-state index contributed by atoms with van der Waals surface area (Å²) in [5.41, 5.74) is 1.57. The molecule has 0 aliphatic rings. The van der Waals surface area contributed by atoms with Gasteiger partial charge in [0, 0.05) is 28.6 Å². The van der Waals surface area contributed by atoms with Crippen molar-refractivity contribution in [1.29, 1.82) is 0 Å². The maximum absolute atomic E-state index is 13.2. The van der Waals surface area contributed by atoms with Gasteiger partial charge in [0.15, 0.2) is 0 Å². The van der Waals surface area contributed by atoms with Crippen LogP contribution in [-0.4, -0.2) is 16.7 Å². The summed E-state index contributed by atoms with van der Waals surface area (Å²) in [4.78, 5) is 5.05. The number of nitrogens with zero attached hydrogens (tertiary/aromatic N) is 1. The van der Waals surface area contributed by atoms with E-state index in [1.54, 1.807) is 30.2 Å². The van der Waals surface area contributed by atoms with Crippen molar-refractivity contribution in [2.45, 2.75) is 10.6 Å².